The van der Waals surface area contributed by atoms with Gasteiger partial charge in [0.2, 0.25) is 0 Å². The van der Waals surface area contributed by atoms with Crippen molar-refractivity contribution in [1.82, 2.24) is 10.2 Å². The lowest BCUT2D eigenvalue weighted by molar-refractivity contribution is 0.161. The third-order valence-electron chi connectivity index (χ3n) is 3.71. The summed E-state index contributed by atoms with van der Waals surface area (Å²) in [7, 11) is 1.65. The van der Waals surface area contributed by atoms with E-state index in [1.54, 1.807) is 19.2 Å². The van der Waals surface area contributed by atoms with Crippen molar-refractivity contribution in [3.63, 3.8) is 0 Å². The first-order chi connectivity index (χ1) is 9.26. The number of hydrogen-bond acceptors (Lipinski definition) is 3. The van der Waals surface area contributed by atoms with Gasteiger partial charge < -0.3 is 10.1 Å². The normalized spacial score (nSPS) is 18.3. The molecule has 0 aromatic heterocycles. The van der Waals surface area contributed by atoms with Crippen molar-refractivity contribution >= 4 is 0 Å². The van der Waals surface area contributed by atoms with E-state index < -0.39 is 0 Å². The summed E-state index contributed by atoms with van der Waals surface area (Å²) in [6.07, 6.45) is 2.11. The second kappa shape index (κ2) is 6.87. The topological polar surface area (TPSA) is 24.5 Å². The van der Waals surface area contributed by atoms with E-state index >= 15 is 0 Å². The lowest BCUT2D eigenvalue weighted by Crippen LogP contribution is -2.45. The number of piperazine rings is 1. The van der Waals surface area contributed by atoms with Gasteiger partial charge in [-0.15, -0.1) is 0 Å². The van der Waals surface area contributed by atoms with Crippen LogP contribution in [0.25, 0.3) is 0 Å². The number of nitrogens with one attached hydrogen (secondary N) is 1. The maximum absolute atomic E-state index is 13.6. The highest BCUT2D eigenvalue weighted by Crippen LogP contribution is 2.33. The van der Waals surface area contributed by atoms with E-state index in [0.717, 1.165) is 50.3 Å². The van der Waals surface area contributed by atoms with E-state index in [0.29, 0.717) is 0 Å². The highest BCUT2D eigenvalue weighted by atomic mass is 19.1. The smallest absolute Gasteiger partial charge is 0.123 e. The van der Waals surface area contributed by atoms with Crippen LogP contribution in [0.5, 0.6) is 5.75 Å². The van der Waals surface area contributed by atoms with Crippen molar-refractivity contribution in [3.05, 3.63) is 29.6 Å². The van der Waals surface area contributed by atoms with E-state index in [1.807, 2.05) is 0 Å². The van der Waals surface area contributed by atoms with Crippen LogP contribution in [0.15, 0.2) is 18.2 Å². The third-order valence-corrected chi connectivity index (χ3v) is 3.71. The Bertz CT molecular complexity index is 405. The number of hydrogen-bond donors (Lipinski definition) is 1. The zero-order valence-corrected chi connectivity index (χ0v) is 11.8. The van der Waals surface area contributed by atoms with Crippen molar-refractivity contribution in [1.29, 1.82) is 0 Å². The van der Waals surface area contributed by atoms with Crippen LogP contribution in [-0.4, -0.2) is 38.2 Å². The Morgan fingerprint density at radius 2 is 2.11 bits per heavy atom. The van der Waals surface area contributed by atoms with Gasteiger partial charge in [0.25, 0.3) is 0 Å². The van der Waals surface area contributed by atoms with E-state index in [1.165, 1.54) is 6.07 Å². The second-order valence-electron chi connectivity index (χ2n) is 4.98. The highest BCUT2D eigenvalue weighted by molar-refractivity contribution is 5.36. The van der Waals surface area contributed by atoms with Gasteiger partial charge in [0.05, 0.1) is 7.11 Å². The van der Waals surface area contributed by atoms with Crippen LogP contribution in [0.4, 0.5) is 4.39 Å². The molecule has 1 aliphatic heterocycles. The fourth-order valence-corrected chi connectivity index (χ4v) is 2.77. The van der Waals surface area contributed by atoms with Gasteiger partial charge in [-0.1, -0.05) is 13.3 Å². The van der Waals surface area contributed by atoms with Crippen LogP contribution in [-0.2, 0) is 0 Å². The minimum absolute atomic E-state index is 0.188. The fourth-order valence-electron chi connectivity index (χ4n) is 2.77. The Morgan fingerprint density at radius 1 is 1.37 bits per heavy atom. The second-order valence-corrected chi connectivity index (χ2v) is 4.98. The van der Waals surface area contributed by atoms with Crippen molar-refractivity contribution in [2.24, 2.45) is 0 Å². The summed E-state index contributed by atoms with van der Waals surface area (Å²) in [5.41, 5.74) is 0.978. The molecule has 1 aromatic carbocycles. The van der Waals surface area contributed by atoms with Crippen molar-refractivity contribution in [2.45, 2.75) is 25.8 Å². The van der Waals surface area contributed by atoms with Gasteiger partial charge >= 0.3 is 0 Å². The molecule has 1 fully saturated rings. The monoisotopic (exact) mass is 266 g/mol. The molecule has 4 heteroatoms. The molecule has 2 rings (SSSR count). The SMILES string of the molecule is CCC[C@@H](c1cc(F)ccc1OC)N1CCNCC1. The summed E-state index contributed by atoms with van der Waals surface area (Å²) in [5, 5.41) is 3.36. The number of methoxy groups -OCH3 is 1. The lowest BCUT2D eigenvalue weighted by atomic mass is 9.98. The zero-order valence-electron chi connectivity index (χ0n) is 11.8. The van der Waals surface area contributed by atoms with Crippen LogP contribution in [0.2, 0.25) is 0 Å². The Labute approximate surface area is 114 Å². The molecule has 0 unspecified atom stereocenters. The third kappa shape index (κ3) is 3.45. The molecule has 0 spiro atoms. The molecule has 0 bridgehead atoms. The predicted octanol–water partition coefficient (Wildman–Crippen LogP) is 2.58. The first-order valence-electron chi connectivity index (χ1n) is 7.04. The van der Waals surface area contributed by atoms with E-state index in [-0.39, 0.29) is 11.9 Å². The van der Waals surface area contributed by atoms with Gasteiger partial charge in [-0.05, 0) is 24.6 Å². The zero-order chi connectivity index (χ0) is 13.7. The Balaban J connectivity index is 2.28. The summed E-state index contributed by atoms with van der Waals surface area (Å²) in [6, 6.07) is 5.07. The van der Waals surface area contributed by atoms with Gasteiger partial charge in [-0.3, -0.25) is 4.90 Å². The summed E-state index contributed by atoms with van der Waals surface area (Å²) >= 11 is 0. The molecule has 1 atom stereocenters. The molecule has 3 nitrogen and oxygen atoms in total. The molecule has 1 aromatic rings. The van der Waals surface area contributed by atoms with Crippen molar-refractivity contribution < 1.29 is 9.13 Å². The van der Waals surface area contributed by atoms with Crippen LogP contribution >= 0.6 is 0 Å². The number of nitrogens with zero attached hydrogens (tertiary/aromatic N) is 1. The molecule has 1 heterocycles. The van der Waals surface area contributed by atoms with Crippen LogP contribution in [0.1, 0.15) is 31.4 Å². The first kappa shape index (κ1) is 14.3. The largest absolute Gasteiger partial charge is 0.496 e. The molecule has 1 aliphatic rings. The average Bonchev–Trinajstić information content (AvgIpc) is 2.45. The molecule has 0 radical (unpaired) electrons. The van der Waals surface area contributed by atoms with Crippen LogP contribution in [0, 0.1) is 5.82 Å². The maximum atomic E-state index is 13.6. The van der Waals surface area contributed by atoms with E-state index in [2.05, 4.69) is 17.1 Å². The van der Waals surface area contributed by atoms with Gasteiger partial charge in [0, 0.05) is 37.8 Å². The predicted molar refractivity (Wildman–Crippen MR) is 75.0 cm³/mol. The molecular weight excluding hydrogens is 243 g/mol. The maximum Gasteiger partial charge on any atom is 0.123 e. The van der Waals surface area contributed by atoms with Crippen molar-refractivity contribution in [2.75, 3.05) is 33.3 Å². The molecule has 106 valence electrons. The van der Waals surface area contributed by atoms with Gasteiger partial charge in [-0.2, -0.15) is 0 Å². The number of rotatable bonds is 5. The molecule has 0 amide bonds. The van der Waals surface area contributed by atoms with Crippen LogP contribution in [0.3, 0.4) is 0 Å². The molecule has 1 N–H and O–H groups in total. The van der Waals surface area contributed by atoms with E-state index in [4.69, 9.17) is 4.74 Å². The molecular formula is C15H23FN2O. The fraction of sp³-hybridized carbons (Fsp3) is 0.600. The van der Waals surface area contributed by atoms with Crippen molar-refractivity contribution in [3.8, 4) is 5.75 Å². The van der Waals surface area contributed by atoms with Gasteiger partial charge in [0.15, 0.2) is 0 Å². The van der Waals surface area contributed by atoms with Gasteiger partial charge in [-0.25, -0.2) is 4.39 Å². The molecule has 19 heavy (non-hydrogen) atoms. The summed E-state index contributed by atoms with van der Waals surface area (Å²) < 4.78 is 19.0. The number of halogens is 1. The first-order valence-corrected chi connectivity index (χ1v) is 7.04. The minimum atomic E-state index is -0.188. The van der Waals surface area contributed by atoms with Gasteiger partial charge in [0.1, 0.15) is 11.6 Å². The lowest BCUT2D eigenvalue weighted by Gasteiger charge is -2.35. The van der Waals surface area contributed by atoms with Crippen LogP contribution < -0.4 is 10.1 Å². The molecule has 0 saturated carbocycles. The van der Waals surface area contributed by atoms with E-state index in [9.17, 15) is 4.39 Å². The Kier molecular flexibility index (Phi) is 5.16. The quantitative estimate of drug-likeness (QED) is 0.886. The minimum Gasteiger partial charge on any atom is -0.496 e. The number of benzene rings is 1. The number of ether oxygens (including phenoxy) is 1. The molecule has 0 aliphatic carbocycles. The average molecular weight is 266 g/mol. The standard InChI is InChI=1S/C15H23FN2O/c1-3-4-14(18-9-7-17-8-10-18)13-11-12(16)5-6-15(13)19-2/h5-6,11,14,17H,3-4,7-10H2,1-2H3/t14-/m0/s1. The molecule has 1 saturated heterocycles. The summed E-state index contributed by atoms with van der Waals surface area (Å²) in [6.45, 7) is 6.17. The summed E-state index contributed by atoms with van der Waals surface area (Å²) in [5.74, 6) is 0.602. The highest BCUT2D eigenvalue weighted by Gasteiger charge is 2.24. The Morgan fingerprint density at radius 3 is 2.74 bits per heavy atom. The summed E-state index contributed by atoms with van der Waals surface area (Å²) in [4.78, 5) is 2.43. The Hall–Kier alpha value is -1.13.